The van der Waals surface area contributed by atoms with Crippen LogP contribution in [0.25, 0.3) is 66.7 Å². The Hall–Kier alpha value is -8.35. The third kappa shape index (κ3) is 5.92. The van der Waals surface area contributed by atoms with Crippen molar-refractivity contribution in [2.45, 2.75) is 0 Å². The molecule has 0 atom stereocenters. The molecule has 0 spiro atoms. The van der Waals surface area contributed by atoms with Crippen LogP contribution in [0.15, 0.2) is 224 Å². The molecule has 1 aliphatic heterocycles. The van der Waals surface area contributed by atoms with Crippen molar-refractivity contribution in [3.05, 3.63) is 224 Å². The van der Waals surface area contributed by atoms with E-state index in [0.29, 0.717) is 35.1 Å². The Bertz CT molecular complexity index is 3650. The first-order valence-corrected chi connectivity index (χ1v) is 20.6. The normalized spacial score (nSPS) is 13.5. The van der Waals surface area contributed by atoms with Gasteiger partial charge >= 0.3 is 0 Å². The van der Waals surface area contributed by atoms with Gasteiger partial charge in [-0.15, -0.1) is 0 Å². The molecule has 0 unspecified atom stereocenters. The topological polar surface area (TPSA) is 38.5 Å². The van der Waals surface area contributed by atoms with Crippen LogP contribution < -0.4 is 14.5 Å². The Kier molecular flexibility index (Phi) is 7.28. The van der Waals surface area contributed by atoms with E-state index in [4.69, 9.17) is 16.6 Å². The van der Waals surface area contributed by atoms with Crippen LogP contribution in [0.2, 0.25) is 0 Å². The van der Waals surface area contributed by atoms with E-state index >= 15 is 0 Å². The number of imidazole rings is 1. The summed E-state index contributed by atoms with van der Waals surface area (Å²) in [4.78, 5) is 9.83. The number of ether oxygens (including phenoxy) is 1. The monoisotopic (exact) mass is 802 g/mol. The molecule has 0 bridgehead atoms. The maximum absolute atomic E-state index is 9.00. The summed E-state index contributed by atoms with van der Waals surface area (Å²) in [5, 5.41) is 1.91. The Balaban J connectivity index is 0.959. The van der Waals surface area contributed by atoms with E-state index in [1.807, 2.05) is 83.4 Å². The SMILES string of the molecule is [2H]c1c([2H])c([2H])c(-n2c(-n3c4ccccc4c4ccc(Oc5cccc(N6CN(c7c(-c8ccccc8)cccc7-c7ccccc7)c7ccccc76)c5)cc43)nc3ccccc32)c([2H])c1[2H]. The first-order chi connectivity index (χ1) is 32.8. The van der Waals surface area contributed by atoms with Crippen molar-refractivity contribution in [2.75, 3.05) is 16.5 Å². The molecule has 9 aromatic carbocycles. The van der Waals surface area contributed by atoms with Crippen molar-refractivity contribution in [2.24, 2.45) is 0 Å². The third-order valence-corrected chi connectivity index (χ3v) is 11.7. The van der Waals surface area contributed by atoms with Crippen LogP contribution >= 0.6 is 0 Å². The van der Waals surface area contributed by atoms with Crippen molar-refractivity contribution < 1.29 is 11.6 Å². The van der Waals surface area contributed by atoms with Crippen LogP contribution in [-0.4, -0.2) is 20.8 Å². The van der Waals surface area contributed by atoms with Gasteiger partial charge in [0, 0.05) is 45.4 Å². The Morgan fingerprint density at radius 2 is 1.06 bits per heavy atom. The molecule has 0 saturated heterocycles. The summed E-state index contributed by atoms with van der Waals surface area (Å²) in [5.74, 6) is 1.62. The summed E-state index contributed by atoms with van der Waals surface area (Å²) in [6, 6.07) is 63.8. The lowest BCUT2D eigenvalue weighted by Gasteiger charge is -2.27. The summed E-state index contributed by atoms with van der Waals surface area (Å²) in [6.07, 6.45) is 0. The van der Waals surface area contributed by atoms with Gasteiger partial charge in [-0.25, -0.2) is 4.98 Å². The second kappa shape index (κ2) is 14.7. The van der Waals surface area contributed by atoms with Crippen LogP contribution in [0.1, 0.15) is 6.85 Å². The molecular formula is C56H39N5O. The second-order valence-corrected chi connectivity index (χ2v) is 15.3. The van der Waals surface area contributed by atoms with Gasteiger partial charge in [-0.1, -0.05) is 146 Å². The van der Waals surface area contributed by atoms with Gasteiger partial charge in [-0.2, -0.15) is 0 Å². The first-order valence-electron chi connectivity index (χ1n) is 23.1. The largest absolute Gasteiger partial charge is 0.457 e. The highest BCUT2D eigenvalue weighted by Crippen LogP contribution is 2.50. The van der Waals surface area contributed by atoms with E-state index in [0.717, 1.165) is 66.8 Å². The van der Waals surface area contributed by atoms with Crippen molar-refractivity contribution in [3.63, 3.8) is 0 Å². The molecule has 0 aliphatic carbocycles. The number of rotatable bonds is 8. The highest BCUT2D eigenvalue weighted by molar-refractivity contribution is 6.09. The van der Waals surface area contributed by atoms with E-state index in [-0.39, 0.29) is 17.8 Å². The third-order valence-electron chi connectivity index (χ3n) is 11.7. The first kappa shape index (κ1) is 30.7. The molecule has 62 heavy (non-hydrogen) atoms. The zero-order valence-electron chi connectivity index (χ0n) is 38.3. The molecule has 12 rings (SSSR count). The molecule has 294 valence electrons. The highest BCUT2D eigenvalue weighted by atomic mass is 16.5. The standard InChI is InChI=1S/C56H39N5O/c1-4-18-39(19-5-1)45-27-17-28-46(40-20-6-2-7-21-40)55(45)59-38-58(52-32-14-15-33-53(52)59)42-24-16-25-43(36-42)62-44-34-35-48-47-26-10-12-30-50(47)61(54(48)37-44)56-57-49-29-11-13-31-51(49)60(56)41-22-8-3-9-23-41/h1-37H,38H2/i3D,8D,9D,22D,23D. The summed E-state index contributed by atoms with van der Waals surface area (Å²) < 4.78 is 53.9. The number of para-hydroxylation sites is 7. The Morgan fingerprint density at radius 1 is 0.452 bits per heavy atom. The smallest absolute Gasteiger partial charge is 0.220 e. The molecule has 1 aliphatic rings. The zero-order chi connectivity index (χ0) is 45.3. The molecule has 0 amide bonds. The van der Waals surface area contributed by atoms with Crippen molar-refractivity contribution >= 4 is 55.6 Å². The Morgan fingerprint density at radius 3 is 1.82 bits per heavy atom. The minimum Gasteiger partial charge on any atom is -0.457 e. The molecule has 6 nitrogen and oxygen atoms in total. The van der Waals surface area contributed by atoms with Gasteiger partial charge in [0.2, 0.25) is 5.95 Å². The molecule has 3 heterocycles. The van der Waals surface area contributed by atoms with Crippen molar-refractivity contribution in [1.82, 2.24) is 14.1 Å². The fourth-order valence-corrected chi connectivity index (χ4v) is 8.98. The van der Waals surface area contributed by atoms with Crippen molar-refractivity contribution in [3.8, 4) is 45.4 Å². The number of benzene rings is 9. The van der Waals surface area contributed by atoms with Crippen molar-refractivity contribution in [1.29, 1.82) is 0 Å². The predicted molar refractivity (Wildman–Crippen MR) is 255 cm³/mol. The van der Waals surface area contributed by atoms with Crippen LogP contribution in [-0.2, 0) is 0 Å². The lowest BCUT2D eigenvalue weighted by molar-refractivity contribution is 0.483. The van der Waals surface area contributed by atoms with Gasteiger partial charge in [-0.05, 0) is 77.8 Å². The molecule has 2 aromatic heterocycles. The molecule has 0 N–H and O–H groups in total. The molecule has 0 radical (unpaired) electrons. The number of hydrogen-bond donors (Lipinski definition) is 0. The van der Waals surface area contributed by atoms with Gasteiger partial charge in [0.15, 0.2) is 0 Å². The molecule has 11 aromatic rings. The average Bonchev–Trinajstić information content (AvgIpc) is 4.05. The van der Waals surface area contributed by atoms with Crippen LogP contribution in [0.5, 0.6) is 11.5 Å². The predicted octanol–water partition coefficient (Wildman–Crippen LogP) is 14.5. The minimum absolute atomic E-state index is 0.0201. The van der Waals surface area contributed by atoms with Gasteiger partial charge in [0.05, 0.1) is 46.0 Å². The van der Waals surface area contributed by atoms with Crippen LogP contribution in [0.3, 0.4) is 0 Å². The van der Waals surface area contributed by atoms with Crippen LogP contribution in [0.4, 0.5) is 22.7 Å². The average molecular weight is 803 g/mol. The summed E-state index contributed by atoms with van der Waals surface area (Å²) in [7, 11) is 0. The van der Waals surface area contributed by atoms with E-state index in [1.165, 1.54) is 0 Å². The van der Waals surface area contributed by atoms with Gasteiger partial charge < -0.3 is 14.5 Å². The number of anilines is 4. The second-order valence-electron chi connectivity index (χ2n) is 15.3. The minimum atomic E-state index is -0.454. The summed E-state index contributed by atoms with van der Waals surface area (Å²) in [6.45, 7) is 0.563. The Labute approximate surface area is 366 Å². The lowest BCUT2D eigenvalue weighted by atomic mass is 9.95. The summed E-state index contributed by atoms with van der Waals surface area (Å²) >= 11 is 0. The number of hydrogen-bond acceptors (Lipinski definition) is 4. The van der Waals surface area contributed by atoms with E-state index in [2.05, 4.69) is 125 Å². The fourth-order valence-electron chi connectivity index (χ4n) is 8.98. The highest BCUT2D eigenvalue weighted by Gasteiger charge is 2.31. The number of fused-ring (bicyclic) bond motifs is 5. The number of nitrogens with zero attached hydrogens (tertiary/aromatic N) is 5. The molecule has 0 saturated carbocycles. The lowest BCUT2D eigenvalue weighted by Crippen LogP contribution is -2.24. The van der Waals surface area contributed by atoms with Gasteiger partial charge in [-0.3, -0.25) is 9.13 Å². The molecular weight excluding hydrogens is 759 g/mol. The molecule has 6 heteroatoms. The number of aromatic nitrogens is 3. The zero-order valence-corrected chi connectivity index (χ0v) is 33.3. The van der Waals surface area contributed by atoms with Crippen LogP contribution in [0, 0.1) is 0 Å². The van der Waals surface area contributed by atoms with E-state index < -0.39 is 18.1 Å². The maximum atomic E-state index is 9.00. The summed E-state index contributed by atoms with van der Waals surface area (Å²) in [5.41, 5.74) is 11.7. The quantitative estimate of drug-likeness (QED) is 0.153. The van der Waals surface area contributed by atoms with E-state index in [1.54, 1.807) is 4.57 Å². The fraction of sp³-hybridized carbons (Fsp3) is 0.0179. The molecule has 0 fully saturated rings. The van der Waals surface area contributed by atoms with Gasteiger partial charge in [0.1, 0.15) is 18.2 Å². The van der Waals surface area contributed by atoms with Gasteiger partial charge in [0.25, 0.3) is 0 Å². The maximum Gasteiger partial charge on any atom is 0.220 e. The van der Waals surface area contributed by atoms with E-state index in [9.17, 15) is 0 Å².